The second kappa shape index (κ2) is 8.82. The van der Waals surface area contributed by atoms with Gasteiger partial charge in [-0.15, -0.1) is 0 Å². The summed E-state index contributed by atoms with van der Waals surface area (Å²) in [4.78, 5) is 0. The fraction of sp³-hybridized carbons (Fsp3) is 1.00. The molecule has 0 bridgehead atoms. The van der Waals surface area contributed by atoms with E-state index < -0.39 is 0 Å². The molecule has 0 spiro atoms. The Morgan fingerprint density at radius 1 is 1.00 bits per heavy atom. The van der Waals surface area contributed by atoms with Crippen LogP contribution in [0.5, 0.6) is 0 Å². The molecule has 0 atom stereocenters. The molecule has 2 N–H and O–H groups in total. The van der Waals surface area contributed by atoms with Crippen LogP contribution in [-0.2, 0) is 0 Å². The predicted octanol–water partition coefficient (Wildman–Crippen LogP) is -1.95. The van der Waals surface area contributed by atoms with E-state index in [0.717, 1.165) is 0 Å². The van der Waals surface area contributed by atoms with E-state index in [1.165, 1.54) is 0 Å². The summed E-state index contributed by atoms with van der Waals surface area (Å²) in [6.07, 6.45) is 0. The van der Waals surface area contributed by atoms with Crippen LogP contribution in [0.1, 0.15) is 0 Å². The van der Waals surface area contributed by atoms with Gasteiger partial charge in [0.2, 0.25) is 0 Å². The molecule has 0 aliphatic carbocycles. The molecule has 5 heavy (non-hydrogen) atoms. The van der Waals surface area contributed by atoms with Gasteiger partial charge in [0, 0.05) is 0 Å². The van der Waals surface area contributed by atoms with Crippen molar-refractivity contribution in [2.45, 2.75) is 0 Å². The topological polar surface area (TPSA) is 40.5 Å². The van der Waals surface area contributed by atoms with Crippen LogP contribution in [0.15, 0.2) is 0 Å². The summed E-state index contributed by atoms with van der Waals surface area (Å²) in [6, 6.07) is 0. The Hall–Kier alpha value is 0.686. The molecule has 0 aromatic heterocycles. The lowest BCUT2D eigenvalue weighted by Crippen LogP contribution is -1.85. The number of aliphatic hydroxyl groups is 2. The van der Waals surface area contributed by atoms with Gasteiger partial charge in [0.15, 0.2) is 0 Å². The standard InChI is InChI=1S/C2H6O2.Mg.2H/c3-1-2-4;;;/h3-4H,1-2H2;;;. The zero-order valence-electron chi connectivity index (χ0n) is 2.31. The smallest absolute Gasteiger partial charge is 0.316 e. The minimum atomic E-state index is -0.125. The summed E-state index contributed by atoms with van der Waals surface area (Å²) in [5.74, 6) is 0. The van der Waals surface area contributed by atoms with Gasteiger partial charge in [0.1, 0.15) is 0 Å². The summed E-state index contributed by atoms with van der Waals surface area (Å²) in [6.45, 7) is -0.250. The fourth-order valence-electron chi connectivity index (χ4n) is 0. The molecule has 0 aromatic carbocycles. The molecule has 0 aliphatic rings. The van der Waals surface area contributed by atoms with Crippen LogP contribution >= 0.6 is 0 Å². The van der Waals surface area contributed by atoms with E-state index in [9.17, 15) is 0 Å². The number of hydrogen-bond acceptors (Lipinski definition) is 2. The van der Waals surface area contributed by atoms with E-state index in [0.29, 0.717) is 0 Å². The van der Waals surface area contributed by atoms with E-state index in [2.05, 4.69) is 0 Å². The molecule has 0 saturated heterocycles. The van der Waals surface area contributed by atoms with Crippen molar-refractivity contribution >= 4 is 23.1 Å². The van der Waals surface area contributed by atoms with Crippen LogP contribution in [0.3, 0.4) is 0 Å². The van der Waals surface area contributed by atoms with Crippen molar-refractivity contribution in [3.8, 4) is 0 Å². The maximum atomic E-state index is 7.62. The summed E-state index contributed by atoms with van der Waals surface area (Å²) < 4.78 is 0. The molecule has 30 valence electrons. The summed E-state index contributed by atoms with van der Waals surface area (Å²) in [5, 5.41) is 15.2. The minimum absolute atomic E-state index is 0. The first kappa shape index (κ1) is 9.19. The van der Waals surface area contributed by atoms with Crippen molar-refractivity contribution < 1.29 is 10.2 Å². The molecule has 0 radical (unpaired) electrons. The number of rotatable bonds is 1. The Morgan fingerprint density at radius 3 is 1.20 bits per heavy atom. The highest BCUT2D eigenvalue weighted by atomic mass is 24.3. The highest BCUT2D eigenvalue weighted by Crippen LogP contribution is 1.39. The van der Waals surface area contributed by atoms with Crippen LogP contribution in [0.25, 0.3) is 0 Å². The van der Waals surface area contributed by atoms with E-state index in [1.54, 1.807) is 0 Å². The molecule has 3 heteroatoms. The van der Waals surface area contributed by atoms with Gasteiger partial charge < -0.3 is 10.2 Å². The highest BCUT2D eigenvalue weighted by molar-refractivity contribution is 5.75. The van der Waals surface area contributed by atoms with Crippen LogP contribution in [-0.4, -0.2) is 46.5 Å². The average molecular weight is 88.4 g/mol. The SMILES string of the molecule is OCCO.[MgH2]. The predicted molar refractivity (Wildman–Crippen MR) is 22.7 cm³/mol. The number of hydrogen-bond donors (Lipinski definition) is 2. The van der Waals surface area contributed by atoms with Gasteiger partial charge in [0.25, 0.3) is 0 Å². The zero-order valence-corrected chi connectivity index (χ0v) is 2.31. The molecule has 0 heterocycles. The van der Waals surface area contributed by atoms with E-state index >= 15 is 0 Å². The second-order valence-corrected chi connectivity index (χ2v) is 0.447. The van der Waals surface area contributed by atoms with E-state index in [1.807, 2.05) is 0 Å². The lowest BCUT2D eigenvalue weighted by molar-refractivity contribution is 0.186. The van der Waals surface area contributed by atoms with Crippen molar-refractivity contribution in [2.75, 3.05) is 13.2 Å². The molecular weight excluding hydrogens is 80.3 g/mol. The number of aliphatic hydroxyl groups excluding tert-OH is 2. The minimum Gasteiger partial charge on any atom is -0.394 e. The van der Waals surface area contributed by atoms with Crippen molar-refractivity contribution in [1.82, 2.24) is 0 Å². The molecule has 2 nitrogen and oxygen atoms in total. The average Bonchev–Trinajstić information content (AvgIpc) is 1.37. The van der Waals surface area contributed by atoms with Crippen molar-refractivity contribution in [1.29, 1.82) is 0 Å². The van der Waals surface area contributed by atoms with Crippen molar-refractivity contribution in [2.24, 2.45) is 0 Å². The van der Waals surface area contributed by atoms with Gasteiger partial charge in [-0.1, -0.05) is 0 Å². The van der Waals surface area contributed by atoms with Crippen LogP contribution in [0.2, 0.25) is 0 Å². The largest absolute Gasteiger partial charge is 0.394 e. The van der Waals surface area contributed by atoms with Gasteiger partial charge in [-0.25, -0.2) is 0 Å². The summed E-state index contributed by atoms with van der Waals surface area (Å²) in [5.41, 5.74) is 0. The van der Waals surface area contributed by atoms with Crippen molar-refractivity contribution in [3.63, 3.8) is 0 Å². The first-order chi connectivity index (χ1) is 1.91. The first-order valence-corrected chi connectivity index (χ1v) is 1.13. The van der Waals surface area contributed by atoms with Gasteiger partial charge in [-0.2, -0.15) is 0 Å². The maximum Gasteiger partial charge on any atom is 0.316 e. The Balaban J connectivity index is 0. The molecule has 0 saturated carbocycles. The second-order valence-electron chi connectivity index (χ2n) is 0.447. The monoisotopic (exact) mass is 88.0 g/mol. The lowest BCUT2D eigenvalue weighted by atomic mass is 10.8. The Morgan fingerprint density at radius 2 is 1.20 bits per heavy atom. The van der Waals surface area contributed by atoms with Crippen molar-refractivity contribution in [3.05, 3.63) is 0 Å². The summed E-state index contributed by atoms with van der Waals surface area (Å²) >= 11 is 0. The third kappa shape index (κ3) is 11.9. The van der Waals surface area contributed by atoms with Crippen LogP contribution in [0, 0.1) is 0 Å². The lowest BCUT2D eigenvalue weighted by Gasteiger charge is -1.70. The third-order valence-corrected chi connectivity index (χ3v) is 0.1000. The molecular formula is C2H8MgO2. The zero-order chi connectivity index (χ0) is 3.41. The molecule has 0 aromatic rings. The highest BCUT2D eigenvalue weighted by Gasteiger charge is 1.58. The Labute approximate surface area is 47.0 Å². The van der Waals surface area contributed by atoms with Gasteiger partial charge >= 0.3 is 23.1 Å². The molecule has 0 rings (SSSR count). The molecule has 0 amide bonds. The molecule has 0 fully saturated rings. The quantitative estimate of drug-likeness (QED) is 0.366. The van der Waals surface area contributed by atoms with Gasteiger partial charge in [-0.3, -0.25) is 0 Å². The fourth-order valence-corrected chi connectivity index (χ4v) is 0. The third-order valence-electron chi connectivity index (χ3n) is 0.1000. The molecule has 0 aliphatic heterocycles. The van der Waals surface area contributed by atoms with Gasteiger partial charge in [-0.05, 0) is 0 Å². The van der Waals surface area contributed by atoms with Crippen LogP contribution < -0.4 is 0 Å². The first-order valence-electron chi connectivity index (χ1n) is 1.13. The Bertz CT molecular complexity index is 9.61. The Kier molecular flexibility index (Phi) is 16.2. The molecule has 0 unspecified atom stereocenters. The summed E-state index contributed by atoms with van der Waals surface area (Å²) in [7, 11) is 0. The van der Waals surface area contributed by atoms with Gasteiger partial charge in [0.05, 0.1) is 13.2 Å². The normalized spacial score (nSPS) is 6.00. The van der Waals surface area contributed by atoms with Crippen LogP contribution in [0.4, 0.5) is 0 Å². The van der Waals surface area contributed by atoms with E-state index in [4.69, 9.17) is 10.2 Å². The maximum absolute atomic E-state index is 7.62. The van der Waals surface area contributed by atoms with E-state index in [-0.39, 0.29) is 36.3 Å².